The van der Waals surface area contributed by atoms with Gasteiger partial charge in [0.15, 0.2) is 0 Å². The van der Waals surface area contributed by atoms with E-state index in [0.29, 0.717) is 0 Å². The second-order valence-corrected chi connectivity index (χ2v) is 6.10. The second-order valence-electron chi connectivity index (χ2n) is 4.41. The number of unbranched alkanes of at least 4 members (excludes halogenated alkanes) is 1. The van der Waals surface area contributed by atoms with Crippen LogP contribution in [0, 0.1) is 0 Å². The van der Waals surface area contributed by atoms with Gasteiger partial charge in [0.2, 0.25) is 0 Å². The number of nitrogens with one attached hydrogen (secondary N) is 1. The smallest absolute Gasteiger partial charge is 0.0590 e. The van der Waals surface area contributed by atoms with E-state index in [1.165, 1.54) is 6.42 Å². The van der Waals surface area contributed by atoms with Crippen molar-refractivity contribution >= 4 is 10.8 Å². The predicted octanol–water partition coefficient (Wildman–Crippen LogP) is 0.457. The predicted molar refractivity (Wildman–Crippen MR) is 72.9 cm³/mol. The Bertz CT molecular complexity index is 205. The maximum Gasteiger partial charge on any atom is 0.0590 e. The lowest BCUT2D eigenvalue weighted by Crippen LogP contribution is -2.41. The van der Waals surface area contributed by atoms with Crippen LogP contribution in [0.3, 0.4) is 0 Å². The molecule has 1 aliphatic heterocycles. The van der Waals surface area contributed by atoms with E-state index >= 15 is 0 Å². The molecule has 1 fully saturated rings. The Morgan fingerprint density at radius 1 is 1.24 bits per heavy atom. The van der Waals surface area contributed by atoms with Crippen LogP contribution in [0.15, 0.2) is 0 Å². The van der Waals surface area contributed by atoms with Gasteiger partial charge in [-0.05, 0) is 6.42 Å². The standard InChI is InChI=1S/C12H26N2O2S/c1-2-3-9-16-10-5-13-4-6-14-7-11-17(15)12-8-14/h13H,2-12H2,1H3. The van der Waals surface area contributed by atoms with Gasteiger partial charge in [-0.25, -0.2) is 0 Å². The molecular formula is C12H26N2O2S. The molecule has 0 aromatic carbocycles. The van der Waals surface area contributed by atoms with Gasteiger partial charge in [0.1, 0.15) is 0 Å². The van der Waals surface area contributed by atoms with E-state index in [4.69, 9.17) is 4.74 Å². The van der Waals surface area contributed by atoms with Crippen molar-refractivity contribution in [2.24, 2.45) is 0 Å². The number of nitrogens with zero attached hydrogens (tertiary/aromatic N) is 1. The molecule has 1 aliphatic rings. The van der Waals surface area contributed by atoms with Crippen LogP contribution in [-0.4, -0.2) is 66.6 Å². The molecule has 5 heteroatoms. The Morgan fingerprint density at radius 3 is 2.71 bits per heavy atom. The lowest BCUT2D eigenvalue weighted by molar-refractivity contribution is 0.132. The Labute approximate surface area is 108 Å². The average Bonchev–Trinajstić information content (AvgIpc) is 2.35. The van der Waals surface area contributed by atoms with Crippen LogP contribution in [-0.2, 0) is 15.5 Å². The maximum absolute atomic E-state index is 11.2. The summed E-state index contributed by atoms with van der Waals surface area (Å²) in [6, 6.07) is 0. The van der Waals surface area contributed by atoms with Gasteiger partial charge < -0.3 is 15.0 Å². The fourth-order valence-corrected chi connectivity index (χ4v) is 2.88. The normalized spacial score (nSPS) is 18.6. The first-order valence-corrected chi connectivity index (χ1v) is 8.17. The number of rotatable bonds is 9. The molecule has 0 aliphatic carbocycles. The molecule has 102 valence electrons. The first-order chi connectivity index (χ1) is 8.33. The highest BCUT2D eigenvalue weighted by molar-refractivity contribution is 7.85. The van der Waals surface area contributed by atoms with E-state index in [2.05, 4.69) is 17.1 Å². The third-order valence-corrected chi connectivity index (χ3v) is 4.22. The van der Waals surface area contributed by atoms with Crippen molar-refractivity contribution in [1.82, 2.24) is 10.2 Å². The molecule has 0 amide bonds. The Balaban J connectivity index is 1.82. The zero-order valence-electron chi connectivity index (χ0n) is 11.0. The third kappa shape index (κ3) is 7.86. The van der Waals surface area contributed by atoms with Crippen LogP contribution in [0.4, 0.5) is 0 Å². The van der Waals surface area contributed by atoms with Crippen LogP contribution >= 0.6 is 0 Å². The maximum atomic E-state index is 11.2. The fraction of sp³-hybridized carbons (Fsp3) is 1.00. The molecule has 4 nitrogen and oxygen atoms in total. The molecule has 0 saturated carbocycles. The molecule has 1 heterocycles. The third-order valence-electron chi connectivity index (χ3n) is 2.94. The monoisotopic (exact) mass is 262 g/mol. The summed E-state index contributed by atoms with van der Waals surface area (Å²) in [6.07, 6.45) is 2.36. The molecule has 0 radical (unpaired) electrons. The largest absolute Gasteiger partial charge is 0.380 e. The van der Waals surface area contributed by atoms with Gasteiger partial charge in [-0.2, -0.15) is 0 Å². The van der Waals surface area contributed by atoms with Gasteiger partial charge >= 0.3 is 0 Å². The highest BCUT2D eigenvalue weighted by Gasteiger charge is 2.13. The van der Waals surface area contributed by atoms with Crippen LogP contribution in [0.25, 0.3) is 0 Å². The number of ether oxygens (including phenoxy) is 1. The SMILES string of the molecule is CCCCOCCNCCN1CCS(=O)CC1. The van der Waals surface area contributed by atoms with E-state index in [1.54, 1.807) is 0 Å². The van der Waals surface area contributed by atoms with Gasteiger partial charge in [0, 0.05) is 61.6 Å². The van der Waals surface area contributed by atoms with Gasteiger partial charge in [0.05, 0.1) is 6.61 Å². The Hall–Kier alpha value is 0.0300. The van der Waals surface area contributed by atoms with Crippen LogP contribution < -0.4 is 5.32 Å². The molecule has 0 bridgehead atoms. The summed E-state index contributed by atoms with van der Waals surface area (Å²) < 4.78 is 16.6. The summed E-state index contributed by atoms with van der Waals surface area (Å²) in [5.74, 6) is 1.69. The van der Waals surface area contributed by atoms with Crippen LogP contribution in [0.5, 0.6) is 0 Å². The van der Waals surface area contributed by atoms with Crippen LogP contribution in [0.1, 0.15) is 19.8 Å². The molecule has 0 unspecified atom stereocenters. The van der Waals surface area contributed by atoms with Crippen molar-refractivity contribution < 1.29 is 8.95 Å². The Morgan fingerprint density at radius 2 is 2.00 bits per heavy atom. The van der Waals surface area contributed by atoms with Crippen molar-refractivity contribution in [3.63, 3.8) is 0 Å². The first-order valence-electron chi connectivity index (χ1n) is 6.68. The van der Waals surface area contributed by atoms with Crippen molar-refractivity contribution in [3.05, 3.63) is 0 Å². The number of hydrogen-bond donors (Lipinski definition) is 1. The summed E-state index contributed by atoms with van der Waals surface area (Å²) in [5, 5.41) is 3.38. The number of hydrogen-bond acceptors (Lipinski definition) is 4. The minimum atomic E-state index is -0.557. The summed E-state index contributed by atoms with van der Waals surface area (Å²) in [5.41, 5.74) is 0. The molecule has 0 aromatic rings. The van der Waals surface area contributed by atoms with Crippen LogP contribution in [0.2, 0.25) is 0 Å². The van der Waals surface area contributed by atoms with E-state index < -0.39 is 10.8 Å². The summed E-state index contributed by atoms with van der Waals surface area (Å²) in [4.78, 5) is 2.38. The quantitative estimate of drug-likeness (QED) is 0.613. The molecule has 0 atom stereocenters. The lowest BCUT2D eigenvalue weighted by Gasteiger charge is -2.25. The summed E-state index contributed by atoms with van der Waals surface area (Å²) >= 11 is 0. The average molecular weight is 262 g/mol. The summed E-state index contributed by atoms with van der Waals surface area (Å²) in [6.45, 7) is 8.84. The van der Waals surface area contributed by atoms with E-state index in [1.807, 2.05) is 0 Å². The minimum Gasteiger partial charge on any atom is -0.380 e. The van der Waals surface area contributed by atoms with Crippen molar-refractivity contribution in [3.8, 4) is 0 Å². The highest BCUT2D eigenvalue weighted by Crippen LogP contribution is 1.98. The molecule has 1 N–H and O–H groups in total. The molecule has 0 aromatic heterocycles. The molecule has 17 heavy (non-hydrogen) atoms. The molecule has 1 saturated heterocycles. The van der Waals surface area contributed by atoms with E-state index in [-0.39, 0.29) is 0 Å². The molecule has 1 rings (SSSR count). The van der Waals surface area contributed by atoms with Crippen molar-refractivity contribution in [1.29, 1.82) is 0 Å². The minimum absolute atomic E-state index is 0.557. The van der Waals surface area contributed by atoms with Gasteiger partial charge in [-0.1, -0.05) is 13.3 Å². The zero-order valence-corrected chi connectivity index (χ0v) is 11.8. The van der Waals surface area contributed by atoms with Gasteiger partial charge in [-0.15, -0.1) is 0 Å². The summed E-state index contributed by atoms with van der Waals surface area (Å²) in [7, 11) is -0.557. The van der Waals surface area contributed by atoms with E-state index in [0.717, 1.165) is 63.9 Å². The van der Waals surface area contributed by atoms with Gasteiger partial charge in [0.25, 0.3) is 0 Å². The van der Waals surface area contributed by atoms with Crippen molar-refractivity contribution in [2.75, 3.05) is 57.4 Å². The van der Waals surface area contributed by atoms with Crippen molar-refractivity contribution in [2.45, 2.75) is 19.8 Å². The van der Waals surface area contributed by atoms with Gasteiger partial charge in [-0.3, -0.25) is 4.21 Å². The lowest BCUT2D eigenvalue weighted by atomic mass is 10.4. The molecule has 0 spiro atoms. The topological polar surface area (TPSA) is 41.6 Å². The van der Waals surface area contributed by atoms with E-state index in [9.17, 15) is 4.21 Å². The highest BCUT2D eigenvalue weighted by atomic mass is 32.2. The zero-order chi connectivity index (χ0) is 12.3. The fourth-order valence-electron chi connectivity index (χ4n) is 1.75. The Kier molecular flexibility index (Phi) is 8.88. The first kappa shape index (κ1) is 15.1. The molecular weight excluding hydrogens is 236 g/mol. The second kappa shape index (κ2) is 10.00.